The van der Waals surface area contributed by atoms with Gasteiger partial charge in [-0.2, -0.15) is 18.3 Å². The zero-order valence-corrected chi connectivity index (χ0v) is 16.9. The summed E-state index contributed by atoms with van der Waals surface area (Å²) in [6.07, 6.45) is -4.57. The number of carbonyl (C=O) groups is 1. The molecule has 0 atom stereocenters. The third kappa shape index (κ3) is 4.77. The van der Waals surface area contributed by atoms with Crippen LogP contribution in [0, 0.1) is 0 Å². The second kappa shape index (κ2) is 8.64. The monoisotopic (exact) mass is 435 g/mol. The predicted octanol–water partition coefficient (Wildman–Crippen LogP) is 3.49. The van der Waals surface area contributed by atoms with Crippen molar-refractivity contribution in [3.8, 4) is 17.0 Å². The fraction of sp³-hybridized carbons (Fsp3) is 0.250. The molecule has 0 saturated carbocycles. The maximum Gasteiger partial charge on any atom is 0.435 e. The lowest BCUT2D eigenvalue weighted by atomic mass is 10.1. The van der Waals surface area contributed by atoms with Gasteiger partial charge in [-0.1, -0.05) is 0 Å². The van der Waals surface area contributed by atoms with Crippen LogP contribution in [0.5, 0.6) is 5.75 Å². The quantitative estimate of drug-likeness (QED) is 0.614. The van der Waals surface area contributed by atoms with E-state index in [0.717, 1.165) is 10.7 Å². The normalized spacial score (nSPS) is 11.4. The van der Waals surface area contributed by atoms with Gasteiger partial charge in [-0.25, -0.2) is 4.98 Å². The number of nitrogens with one attached hydrogen (secondary N) is 1. The van der Waals surface area contributed by atoms with Crippen LogP contribution in [0.4, 0.5) is 24.7 Å². The number of methoxy groups -OCH3 is 2. The van der Waals surface area contributed by atoms with Crippen molar-refractivity contribution in [1.82, 2.24) is 14.8 Å². The Balaban J connectivity index is 1.93. The van der Waals surface area contributed by atoms with Crippen molar-refractivity contribution in [2.75, 3.05) is 25.3 Å². The van der Waals surface area contributed by atoms with E-state index in [0.29, 0.717) is 17.0 Å². The summed E-state index contributed by atoms with van der Waals surface area (Å²) in [5, 5.41) is 6.18. The summed E-state index contributed by atoms with van der Waals surface area (Å²) in [5.41, 5.74) is 6.44. The summed E-state index contributed by atoms with van der Waals surface area (Å²) in [4.78, 5) is 16.9. The van der Waals surface area contributed by atoms with E-state index in [4.69, 9.17) is 15.2 Å². The minimum absolute atomic E-state index is 0.0172. The Morgan fingerprint density at radius 1 is 1.19 bits per heavy atom. The first-order valence-corrected chi connectivity index (χ1v) is 8.99. The highest BCUT2D eigenvalue weighted by Gasteiger charge is 2.34. The molecule has 0 bridgehead atoms. The zero-order chi connectivity index (χ0) is 22.8. The van der Waals surface area contributed by atoms with Crippen LogP contribution < -0.4 is 15.8 Å². The molecule has 2 aromatic heterocycles. The number of nitrogen functional groups attached to an aromatic ring is 1. The van der Waals surface area contributed by atoms with Crippen LogP contribution in [0.2, 0.25) is 0 Å². The van der Waals surface area contributed by atoms with Gasteiger partial charge in [0.2, 0.25) is 0 Å². The van der Waals surface area contributed by atoms with E-state index in [9.17, 15) is 18.0 Å². The van der Waals surface area contributed by atoms with Crippen molar-refractivity contribution in [1.29, 1.82) is 0 Å². The van der Waals surface area contributed by atoms with Gasteiger partial charge in [-0.15, -0.1) is 0 Å². The van der Waals surface area contributed by atoms with Gasteiger partial charge in [0.1, 0.15) is 11.6 Å². The number of anilines is 2. The Hall–Kier alpha value is -3.60. The van der Waals surface area contributed by atoms with Gasteiger partial charge >= 0.3 is 6.18 Å². The molecule has 31 heavy (non-hydrogen) atoms. The van der Waals surface area contributed by atoms with Gasteiger partial charge < -0.3 is 20.5 Å². The molecule has 2 heterocycles. The molecule has 8 nitrogen and oxygen atoms in total. The first-order valence-electron chi connectivity index (χ1n) is 8.99. The van der Waals surface area contributed by atoms with Crippen LogP contribution in [0.15, 0.2) is 36.4 Å². The molecule has 1 amide bonds. The SMILES string of the molecule is COCc1ccc(C(=O)Nc2cc(-c3cc(C(F)(F)F)nn3C)ccc2OC)c(N)n1. The van der Waals surface area contributed by atoms with Crippen molar-refractivity contribution in [3.63, 3.8) is 0 Å². The Morgan fingerprint density at radius 2 is 1.94 bits per heavy atom. The minimum Gasteiger partial charge on any atom is -0.495 e. The van der Waals surface area contributed by atoms with Gasteiger partial charge in [-0.05, 0) is 36.4 Å². The first kappa shape index (κ1) is 22.1. The number of hydrogen-bond acceptors (Lipinski definition) is 6. The van der Waals surface area contributed by atoms with Crippen LogP contribution in [0.25, 0.3) is 11.3 Å². The number of halogens is 3. The van der Waals surface area contributed by atoms with Crippen LogP contribution in [0.1, 0.15) is 21.7 Å². The van der Waals surface area contributed by atoms with Gasteiger partial charge in [0.05, 0.1) is 36.4 Å². The summed E-state index contributed by atoms with van der Waals surface area (Å²) in [7, 11) is 4.32. The number of pyridine rings is 1. The minimum atomic E-state index is -4.57. The number of alkyl halides is 3. The highest BCUT2D eigenvalue weighted by Crippen LogP contribution is 2.34. The van der Waals surface area contributed by atoms with E-state index in [-0.39, 0.29) is 29.4 Å². The molecular weight excluding hydrogens is 415 g/mol. The molecule has 0 saturated heterocycles. The van der Waals surface area contributed by atoms with Crippen molar-refractivity contribution in [2.45, 2.75) is 12.8 Å². The molecule has 0 aliphatic heterocycles. The molecule has 0 fully saturated rings. The van der Waals surface area contributed by atoms with Crippen molar-refractivity contribution >= 4 is 17.4 Å². The molecule has 0 aliphatic carbocycles. The third-order valence-corrected chi connectivity index (χ3v) is 4.43. The topological polar surface area (TPSA) is 104 Å². The summed E-state index contributed by atoms with van der Waals surface area (Å²) < 4.78 is 50.3. The smallest absolute Gasteiger partial charge is 0.435 e. The second-order valence-electron chi connectivity index (χ2n) is 6.57. The average Bonchev–Trinajstić information content (AvgIpc) is 3.10. The Bertz CT molecular complexity index is 1110. The van der Waals surface area contributed by atoms with Gasteiger partial charge in [0.25, 0.3) is 5.91 Å². The van der Waals surface area contributed by atoms with Gasteiger partial charge in [-0.3, -0.25) is 9.48 Å². The predicted molar refractivity (Wildman–Crippen MR) is 108 cm³/mol. The van der Waals surface area contributed by atoms with E-state index in [2.05, 4.69) is 15.4 Å². The number of hydrogen-bond donors (Lipinski definition) is 2. The summed E-state index contributed by atoms with van der Waals surface area (Å²) in [6, 6.07) is 8.66. The maximum atomic E-state index is 13.0. The number of rotatable bonds is 6. The molecule has 1 aromatic carbocycles. The lowest BCUT2D eigenvalue weighted by molar-refractivity contribution is -0.141. The fourth-order valence-electron chi connectivity index (χ4n) is 2.97. The molecule has 164 valence electrons. The van der Waals surface area contributed by atoms with Gasteiger partial charge in [0.15, 0.2) is 5.69 Å². The number of benzene rings is 1. The highest BCUT2D eigenvalue weighted by molar-refractivity contribution is 6.08. The molecule has 0 spiro atoms. The molecular formula is C20H20F3N5O3. The van der Waals surface area contributed by atoms with Crippen LogP contribution >= 0.6 is 0 Å². The number of aryl methyl sites for hydroxylation is 1. The van der Waals surface area contributed by atoms with Crippen LogP contribution in [-0.4, -0.2) is 34.9 Å². The van der Waals surface area contributed by atoms with Crippen LogP contribution in [-0.2, 0) is 24.6 Å². The highest BCUT2D eigenvalue weighted by atomic mass is 19.4. The number of amides is 1. The number of aromatic nitrogens is 3. The van der Waals surface area contributed by atoms with Crippen molar-refractivity contribution in [3.05, 3.63) is 53.3 Å². The first-order chi connectivity index (χ1) is 14.6. The molecule has 3 rings (SSSR count). The van der Waals surface area contributed by atoms with E-state index < -0.39 is 17.8 Å². The third-order valence-electron chi connectivity index (χ3n) is 4.43. The van der Waals surface area contributed by atoms with E-state index >= 15 is 0 Å². The summed E-state index contributed by atoms with van der Waals surface area (Å²) in [6.45, 7) is 0.243. The largest absolute Gasteiger partial charge is 0.495 e. The zero-order valence-electron chi connectivity index (χ0n) is 16.9. The second-order valence-corrected chi connectivity index (χ2v) is 6.57. The number of nitrogens with zero attached hydrogens (tertiary/aromatic N) is 3. The van der Waals surface area contributed by atoms with E-state index in [1.54, 1.807) is 12.1 Å². The molecule has 0 unspecified atom stereocenters. The van der Waals surface area contributed by atoms with Crippen molar-refractivity contribution in [2.24, 2.45) is 7.05 Å². The average molecular weight is 435 g/mol. The standard InChI is InChI=1S/C20H20F3N5O3/c1-28-15(9-17(27-28)20(21,22)23)11-4-7-16(31-3)14(8-11)26-19(29)13-6-5-12(10-30-2)25-18(13)24/h4-9H,10H2,1-3H3,(H2,24,25)(H,26,29). The molecule has 3 N–H and O–H groups in total. The summed E-state index contributed by atoms with van der Waals surface area (Å²) in [5.74, 6) is -0.216. The molecule has 3 aromatic rings. The fourth-order valence-corrected chi connectivity index (χ4v) is 2.97. The molecule has 0 aliphatic rings. The Labute approximate surface area is 175 Å². The Morgan fingerprint density at radius 3 is 2.52 bits per heavy atom. The molecule has 0 radical (unpaired) electrons. The number of nitrogens with two attached hydrogens (primary N) is 1. The summed E-state index contributed by atoms with van der Waals surface area (Å²) >= 11 is 0. The van der Waals surface area contributed by atoms with Gasteiger partial charge in [0, 0.05) is 19.7 Å². The number of ether oxygens (including phenoxy) is 2. The van der Waals surface area contributed by atoms with E-state index in [1.807, 2.05) is 0 Å². The Kier molecular flexibility index (Phi) is 6.16. The maximum absolute atomic E-state index is 13.0. The number of carbonyl (C=O) groups excluding carboxylic acids is 1. The lowest BCUT2D eigenvalue weighted by Crippen LogP contribution is -2.16. The lowest BCUT2D eigenvalue weighted by Gasteiger charge is -2.13. The van der Waals surface area contributed by atoms with E-state index in [1.165, 1.54) is 39.5 Å². The van der Waals surface area contributed by atoms with Crippen molar-refractivity contribution < 1.29 is 27.4 Å². The molecule has 11 heteroatoms. The van der Waals surface area contributed by atoms with Crippen LogP contribution in [0.3, 0.4) is 0 Å².